The maximum atomic E-state index is 3.59. The van der Waals surface area contributed by atoms with Crippen molar-refractivity contribution in [2.75, 3.05) is 18.4 Å². The predicted molar refractivity (Wildman–Crippen MR) is 76.6 cm³/mol. The first-order valence-corrected chi connectivity index (χ1v) is 8.79. The van der Waals surface area contributed by atoms with Gasteiger partial charge in [0.1, 0.15) is 0 Å². The van der Waals surface area contributed by atoms with Crippen molar-refractivity contribution in [2.24, 2.45) is 17.8 Å². The second-order valence-electron chi connectivity index (χ2n) is 6.56. The summed E-state index contributed by atoms with van der Waals surface area (Å²) in [4.78, 5) is 2.84. The quantitative estimate of drug-likeness (QED) is 0.669. The Bertz CT molecular complexity index is 251. The number of halogens is 1. The Morgan fingerprint density at radius 3 is 2.47 bits per heavy atom. The van der Waals surface area contributed by atoms with Gasteiger partial charge in [0.2, 0.25) is 0 Å². The fourth-order valence-corrected chi connectivity index (χ4v) is 4.59. The molecule has 1 nitrogen and oxygen atoms in total. The van der Waals surface area contributed by atoms with Crippen molar-refractivity contribution in [3.8, 4) is 0 Å². The number of hydrogen-bond acceptors (Lipinski definition) is 1. The van der Waals surface area contributed by atoms with Gasteiger partial charge in [0.25, 0.3) is 0 Å². The van der Waals surface area contributed by atoms with Gasteiger partial charge in [-0.05, 0) is 62.8 Å². The molecule has 3 fully saturated rings. The van der Waals surface area contributed by atoms with Gasteiger partial charge in [-0.3, -0.25) is 0 Å². The summed E-state index contributed by atoms with van der Waals surface area (Å²) in [5.74, 6) is 3.28. The number of rotatable bonds is 6. The van der Waals surface area contributed by atoms with Crippen LogP contribution in [-0.4, -0.2) is 29.4 Å². The van der Waals surface area contributed by atoms with Crippen molar-refractivity contribution < 1.29 is 0 Å². The second-order valence-corrected chi connectivity index (χ2v) is 7.35. The van der Waals surface area contributed by atoms with Gasteiger partial charge in [-0.2, -0.15) is 0 Å². The molecule has 0 aromatic carbocycles. The summed E-state index contributed by atoms with van der Waals surface area (Å²) < 4.78 is 0. The van der Waals surface area contributed by atoms with Crippen molar-refractivity contribution >= 4 is 15.9 Å². The molecule has 2 bridgehead atoms. The lowest BCUT2D eigenvalue weighted by Crippen LogP contribution is -2.44. The molecule has 0 radical (unpaired) electrons. The minimum atomic E-state index is 0.952. The molecule has 3 atom stereocenters. The van der Waals surface area contributed by atoms with E-state index in [-0.39, 0.29) is 0 Å². The van der Waals surface area contributed by atoms with Crippen LogP contribution in [0.5, 0.6) is 0 Å². The molecule has 0 N–H and O–H groups in total. The molecule has 3 rings (SSSR count). The fourth-order valence-electron chi connectivity index (χ4n) is 4.34. The van der Waals surface area contributed by atoms with E-state index in [0.29, 0.717) is 0 Å². The zero-order valence-electron chi connectivity index (χ0n) is 10.9. The van der Waals surface area contributed by atoms with Crippen LogP contribution in [0.4, 0.5) is 0 Å². The summed E-state index contributed by atoms with van der Waals surface area (Å²) in [5.41, 5.74) is 0. The average Bonchev–Trinajstić information content (AvgIpc) is 2.85. The summed E-state index contributed by atoms with van der Waals surface area (Å²) in [6.07, 6.45) is 12.0. The second kappa shape index (κ2) is 5.61. The number of hydrogen-bond donors (Lipinski definition) is 0. The van der Waals surface area contributed by atoms with E-state index < -0.39 is 0 Å². The van der Waals surface area contributed by atoms with E-state index >= 15 is 0 Å². The minimum Gasteiger partial charge on any atom is -0.300 e. The molecule has 0 aromatic heterocycles. The lowest BCUT2D eigenvalue weighted by Gasteiger charge is -2.40. The number of fused-ring (bicyclic) bond motifs is 2. The largest absolute Gasteiger partial charge is 0.300 e. The molecule has 98 valence electrons. The van der Waals surface area contributed by atoms with Gasteiger partial charge in [0.05, 0.1) is 0 Å². The third-order valence-corrected chi connectivity index (χ3v) is 6.08. The third kappa shape index (κ3) is 2.73. The van der Waals surface area contributed by atoms with Crippen LogP contribution in [0.3, 0.4) is 0 Å². The Morgan fingerprint density at radius 1 is 1.06 bits per heavy atom. The van der Waals surface area contributed by atoms with Crippen molar-refractivity contribution in [3.63, 3.8) is 0 Å². The Hall–Kier alpha value is 0.440. The van der Waals surface area contributed by atoms with Crippen LogP contribution < -0.4 is 0 Å². The molecule has 3 unspecified atom stereocenters. The van der Waals surface area contributed by atoms with Gasteiger partial charge in [0, 0.05) is 17.9 Å². The molecule has 0 spiro atoms. The van der Waals surface area contributed by atoms with E-state index in [0.717, 1.165) is 23.8 Å². The first-order chi connectivity index (χ1) is 8.36. The molecule has 17 heavy (non-hydrogen) atoms. The van der Waals surface area contributed by atoms with Crippen molar-refractivity contribution in [2.45, 2.75) is 57.4 Å². The van der Waals surface area contributed by atoms with Gasteiger partial charge in [-0.15, -0.1) is 0 Å². The monoisotopic (exact) mass is 299 g/mol. The molecule has 3 aliphatic rings. The molecular weight excluding hydrogens is 274 g/mol. The Morgan fingerprint density at radius 2 is 1.94 bits per heavy atom. The Labute approximate surface area is 114 Å². The number of nitrogens with zero attached hydrogens (tertiary/aromatic N) is 1. The lowest BCUT2D eigenvalue weighted by atomic mass is 9.85. The minimum absolute atomic E-state index is 0.952. The van der Waals surface area contributed by atoms with Gasteiger partial charge in [-0.1, -0.05) is 28.8 Å². The van der Waals surface area contributed by atoms with Crippen LogP contribution in [0.25, 0.3) is 0 Å². The zero-order valence-corrected chi connectivity index (χ0v) is 12.5. The highest BCUT2D eigenvalue weighted by atomic mass is 79.9. The van der Waals surface area contributed by atoms with Crippen molar-refractivity contribution in [1.82, 2.24) is 4.90 Å². The van der Waals surface area contributed by atoms with E-state index in [2.05, 4.69) is 20.8 Å². The molecule has 3 saturated carbocycles. The number of alkyl halides is 1. The van der Waals surface area contributed by atoms with E-state index in [9.17, 15) is 0 Å². The van der Waals surface area contributed by atoms with E-state index in [4.69, 9.17) is 0 Å². The fraction of sp³-hybridized carbons (Fsp3) is 1.00. The standard InChI is InChI=1S/C15H26BrN/c16-7-2-8-17(15-3-1-4-15)11-14-10-12-5-6-13(14)9-12/h12-15H,1-11H2. The van der Waals surface area contributed by atoms with Crippen LogP contribution in [-0.2, 0) is 0 Å². The Kier molecular flexibility index (Phi) is 4.11. The predicted octanol–water partition coefficient (Wildman–Crippen LogP) is 4.06. The van der Waals surface area contributed by atoms with E-state index in [1.54, 1.807) is 25.7 Å². The van der Waals surface area contributed by atoms with E-state index in [1.165, 1.54) is 44.1 Å². The van der Waals surface area contributed by atoms with Crippen molar-refractivity contribution in [1.29, 1.82) is 0 Å². The summed E-state index contributed by atoms with van der Waals surface area (Å²) in [7, 11) is 0. The molecule has 3 aliphatic carbocycles. The summed E-state index contributed by atoms with van der Waals surface area (Å²) in [5, 5.41) is 1.17. The van der Waals surface area contributed by atoms with Gasteiger partial charge in [-0.25, -0.2) is 0 Å². The molecule has 0 aromatic rings. The lowest BCUT2D eigenvalue weighted by molar-refractivity contribution is 0.0931. The molecule has 0 saturated heterocycles. The van der Waals surface area contributed by atoms with Crippen molar-refractivity contribution in [3.05, 3.63) is 0 Å². The topological polar surface area (TPSA) is 3.24 Å². The first-order valence-electron chi connectivity index (χ1n) is 7.67. The van der Waals surface area contributed by atoms with Gasteiger partial charge >= 0.3 is 0 Å². The maximum absolute atomic E-state index is 3.59. The average molecular weight is 300 g/mol. The molecule has 0 aliphatic heterocycles. The summed E-state index contributed by atoms with van der Waals surface area (Å²) in [6.45, 7) is 2.77. The highest BCUT2D eigenvalue weighted by Crippen LogP contribution is 2.48. The molecular formula is C15H26BrN. The van der Waals surface area contributed by atoms with Crippen LogP contribution in [0.15, 0.2) is 0 Å². The first kappa shape index (κ1) is 12.5. The summed E-state index contributed by atoms with van der Waals surface area (Å²) in [6, 6.07) is 0.952. The molecule has 2 heteroatoms. The third-order valence-electron chi connectivity index (χ3n) is 5.52. The SMILES string of the molecule is BrCCCN(CC1CC2CCC1C2)C1CCC1. The highest BCUT2D eigenvalue weighted by molar-refractivity contribution is 9.09. The van der Waals surface area contributed by atoms with Crippen LogP contribution in [0, 0.1) is 17.8 Å². The smallest absolute Gasteiger partial charge is 0.00954 e. The van der Waals surface area contributed by atoms with E-state index in [1.807, 2.05) is 0 Å². The summed E-state index contributed by atoms with van der Waals surface area (Å²) >= 11 is 3.59. The van der Waals surface area contributed by atoms with Crippen LogP contribution >= 0.6 is 15.9 Å². The van der Waals surface area contributed by atoms with Crippen LogP contribution in [0.2, 0.25) is 0 Å². The van der Waals surface area contributed by atoms with Crippen LogP contribution in [0.1, 0.15) is 51.4 Å². The molecule has 0 amide bonds. The highest BCUT2D eigenvalue weighted by Gasteiger charge is 2.40. The maximum Gasteiger partial charge on any atom is 0.00954 e. The Balaban J connectivity index is 1.52. The molecule has 0 heterocycles. The normalized spacial score (nSPS) is 36.7. The zero-order chi connectivity index (χ0) is 11.7. The van der Waals surface area contributed by atoms with Gasteiger partial charge < -0.3 is 4.90 Å². The van der Waals surface area contributed by atoms with Gasteiger partial charge in [0.15, 0.2) is 0 Å².